The van der Waals surface area contributed by atoms with E-state index in [4.69, 9.17) is 0 Å². The SMILES string of the molecule is Cc1cc(NC(=O)C2CC(c3ccccn3)NN2)ccc1Br. The smallest absolute Gasteiger partial charge is 0.242 e. The van der Waals surface area contributed by atoms with E-state index < -0.39 is 0 Å². The van der Waals surface area contributed by atoms with Crippen LogP contribution in [0.25, 0.3) is 0 Å². The molecule has 2 aromatic rings. The number of nitrogens with one attached hydrogen (secondary N) is 3. The number of amides is 1. The number of benzene rings is 1. The van der Waals surface area contributed by atoms with Crippen LogP contribution in [0.15, 0.2) is 47.1 Å². The van der Waals surface area contributed by atoms with Gasteiger partial charge in [-0.3, -0.25) is 9.78 Å². The van der Waals surface area contributed by atoms with Crippen LogP contribution in [0.2, 0.25) is 0 Å². The minimum atomic E-state index is -0.282. The van der Waals surface area contributed by atoms with Crippen LogP contribution < -0.4 is 16.2 Å². The summed E-state index contributed by atoms with van der Waals surface area (Å²) in [5.41, 5.74) is 8.99. The van der Waals surface area contributed by atoms with Crippen molar-refractivity contribution < 1.29 is 4.79 Å². The van der Waals surface area contributed by atoms with Gasteiger partial charge in [0.05, 0.1) is 11.7 Å². The van der Waals surface area contributed by atoms with Crippen molar-refractivity contribution in [3.05, 3.63) is 58.3 Å². The first-order chi connectivity index (χ1) is 10.6. The predicted octanol–water partition coefficient (Wildman–Crippen LogP) is 2.70. The van der Waals surface area contributed by atoms with Crippen molar-refractivity contribution in [2.75, 3.05) is 5.32 Å². The van der Waals surface area contributed by atoms with E-state index in [1.807, 2.05) is 43.3 Å². The van der Waals surface area contributed by atoms with Crippen molar-refractivity contribution in [3.8, 4) is 0 Å². The van der Waals surface area contributed by atoms with Gasteiger partial charge in [0.1, 0.15) is 6.04 Å². The molecule has 5 nitrogen and oxygen atoms in total. The maximum Gasteiger partial charge on any atom is 0.242 e. The molecule has 0 saturated carbocycles. The number of hydrazine groups is 1. The summed E-state index contributed by atoms with van der Waals surface area (Å²) in [6.07, 6.45) is 2.42. The maximum absolute atomic E-state index is 12.3. The summed E-state index contributed by atoms with van der Waals surface area (Å²) in [6, 6.07) is 11.3. The summed E-state index contributed by atoms with van der Waals surface area (Å²) in [5.74, 6) is -0.0485. The Morgan fingerprint density at radius 2 is 2.18 bits per heavy atom. The molecule has 1 amide bonds. The van der Waals surface area contributed by atoms with Crippen molar-refractivity contribution in [1.82, 2.24) is 15.8 Å². The fraction of sp³-hybridized carbons (Fsp3) is 0.250. The molecule has 1 aromatic heterocycles. The molecule has 1 fully saturated rings. The van der Waals surface area contributed by atoms with Gasteiger partial charge >= 0.3 is 0 Å². The monoisotopic (exact) mass is 360 g/mol. The molecule has 22 heavy (non-hydrogen) atoms. The fourth-order valence-corrected chi connectivity index (χ4v) is 2.70. The van der Waals surface area contributed by atoms with E-state index in [1.54, 1.807) is 6.20 Å². The number of carbonyl (C=O) groups is 1. The van der Waals surface area contributed by atoms with Gasteiger partial charge in [-0.15, -0.1) is 0 Å². The molecule has 3 N–H and O–H groups in total. The summed E-state index contributed by atoms with van der Waals surface area (Å²) in [4.78, 5) is 16.7. The molecule has 6 heteroatoms. The molecule has 2 atom stereocenters. The Kier molecular flexibility index (Phi) is 4.52. The number of nitrogens with zero attached hydrogens (tertiary/aromatic N) is 1. The molecule has 114 valence electrons. The third kappa shape index (κ3) is 3.35. The quantitative estimate of drug-likeness (QED) is 0.787. The number of halogens is 1. The first kappa shape index (κ1) is 15.1. The molecule has 1 aliphatic rings. The molecule has 1 aliphatic heterocycles. The van der Waals surface area contributed by atoms with Crippen LogP contribution in [-0.4, -0.2) is 16.9 Å². The first-order valence-electron chi connectivity index (χ1n) is 7.12. The Morgan fingerprint density at radius 1 is 1.32 bits per heavy atom. The Balaban J connectivity index is 1.63. The summed E-state index contributed by atoms with van der Waals surface area (Å²) in [5, 5.41) is 2.94. The van der Waals surface area contributed by atoms with Gasteiger partial charge in [0, 0.05) is 16.4 Å². The molecule has 0 bridgehead atoms. The molecule has 1 saturated heterocycles. The van der Waals surface area contributed by atoms with Crippen LogP contribution in [0, 0.1) is 6.92 Å². The lowest BCUT2D eigenvalue weighted by Gasteiger charge is -2.11. The third-order valence-electron chi connectivity index (χ3n) is 3.69. The van der Waals surface area contributed by atoms with Gasteiger partial charge in [-0.2, -0.15) is 0 Å². The van der Waals surface area contributed by atoms with Crippen molar-refractivity contribution in [2.45, 2.75) is 25.4 Å². The van der Waals surface area contributed by atoms with Crippen molar-refractivity contribution in [2.24, 2.45) is 0 Å². The van der Waals surface area contributed by atoms with E-state index in [0.717, 1.165) is 21.4 Å². The lowest BCUT2D eigenvalue weighted by Crippen LogP contribution is -2.39. The number of pyridine rings is 1. The topological polar surface area (TPSA) is 66.0 Å². The number of hydrogen-bond donors (Lipinski definition) is 3. The zero-order chi connectivity index (χ0) is 15.5. The highest BCUT2D eigenvalue weighted by Crippen LogP contribution is 2.23. The lowest BCUT2D eigenvalue weighted by atomic mass is 10.1. The molecule has 0 aliphatic carbocycles. The van der Waals surface area contributed by atoms with E-state index in [0.29, 0.717) is 6.42 Å². The molecule has 0 radical (unpaired) electrons. The zero-order valence-electron chi connectivity index (χ0n) is 12.1. The van der Waals surface area contributed by atoms with Crippen LogP contribution in [0.1, 0.15) is 23.7 Å². The van der Waals surface area contributed by atoms with Gasteiger partial charge in [0.2, 0.25) is 5.91 Å². The summed E-state index contributed by atoms with van der Waals surface area (Å²) in [7, 11) is 0. The highest BCUT2D eigenvalue weighted by Gasteiger charge is 2.30. The highest BCUT2D eigenvalue weighted by molar-refractivity contribution is 9.10. The fourth-order valence-electron chi connectivity index (χ4n) is 2.46. The highest BCUT2D eigenvalue weighted by atomic mass is 79.9. The Bertz CT molecular complexity index is 677. The van der Waals surface area contributed by atoms with Crippen LogP contribution in [0.3, 0.4) is 0 Å². The summed E-state index contributed by atoms with van der Waals surface area (Å²) in [6.45, 7) is 1.99. The lowest BCUT2D eigenvalue weighted by molar-refractivity contribution is -0.117. The average Bonchev–Trinajstić information content (AvgIpc) is 3.02. The largest absolute Gasteiger partial charge is 0.325 e. The Hall–Kier alpha value is -1.76. The number of anilines is 1. The van der Waals surface area contributed by atoms with Crippen molar-refractivity contribution in [1.29, 1.82) is 0 Å². The van der Waals surface area contributed by atoms with E-state index in [-0.39, 0.29) is 18.0 Å². The Morgan fingerprint density at radius 3 is 2.91 bits per heavy atom. The average molecular weight is 361 g/mol. The molecular weight excluding hydrogens is 344 g/mol. The third-order valence-corrected chi connectivity index (χ3v) is 4.58. The standard InChI is InChI=1S/C16H17BrN4O/c1-10-8-11(5-6-12(10)17)19-16(22)15-9-14(20-21-15)13-4-2-3-7-18-13/h2-8,14-15,20-21H,9H2,1H3,(H,19,22). The second-order valence-electron chi connectivity index (χ2n) is 5.34. The van der Waals surface area contributed by atoms with E-state index in [1.165, 1.54) is 0 Å². The number of aromatic nitrogens is 1. The second-order valence-corrected chi connectivity index (χ2v) is 6.19. The molecule has 3 rings (SSSR count). The molecule has 2 heterocycles. The molecular formula is C16H17BrN4O. The number of carbonyl (C=O) groups excluding carboxylic acids is 1. The van der Waals surface area contributed by atoms with E-state index in [9.17, 15) is 4.79 Å². The van der Waals surface area contributed by atoms with E-state index >= 15 is 0 Å². The van der Waals surface area contributed by atoms with E-state index in [2.05, 4.69) is 37.1 Å². The van der Waals surface area contributed by atoms with Crippen molar-refractivity contribution >= 4 is 27.5 Å². The van der Waals surface area contributed by atoms with Crippen LogP contribution in [0.5, 0.6) is 0 Å². The van der Waals surface area contributed by atoms with Crippen LogP contribution in [0.4, 0.5) is 5.69 Å². The molecule has 0 spiro atoms. The van der Waals surface area contributed by atoms with Crippen LogP contribution in [-0.2, 0) is 4.79 Å². The van der Waals surface area contributed by atoms with Gasteiger partial charge < -0.3 is 5.32 Å². The van der Waals surface area contributed by atoms with Crippen LogP contribution >= 0.6 is 15.9 Å². The second kappa shape index (κ2) is 6.56. The molecule has 1 aromatic carbocycles. The molecule has 2 unspecified atom stereocenters. The zero-order valence-corrected chi connectivity index (χ0v) is 13.7. The summed E-state index contributed by atoms with van der Waals surface area (Å²) >= 11 is 3.45. The van der Waals surface area contributed by atoms with Gasteiger partial charge in [0.25, 0.3) is 0 Å². The normalized spacial score (nSPS) is 20.8. The summed E-state index contributed by atoms with van der Waals surface area (Å²) < 4.78 is 1.03. The minimum absolute atomic E-state index is 0.0450. The van der Waals surface area contributed by atoms with Crippen molar-refractivity contribution in [3.63, 3.8) is 0 Å². The Labute approximate surface area is 137 Å². The number of hydrogen-bond acceptors (Lipinski definition) is 4. The predicted molar refractivity (Wildman–Crippen MR) is 89.2 cm³/mol. The van der Waals surface area contributed by atoms with Gasteiger partial charge in [-0.1, -0.05) is 22.0 Å². The number of rotatable bonds is 3. The van der Waals surface area contributed by atoms with Gasteiger partial charge in [0.15, 0.2) is 0 Å². The minimum Gasteiger partial charge on any atom is -0.325 e. The van der Waals surface area contributed by atoms with Gasteiger partial charge in [-0.25, -0.2) is 10.9 Å². The number of aryl methyl sites for hydroxylation is 1. The van der Waals surface area contributed by atoms with Gasteiger partial charge in [-0.05, 0) is 49.2 Å². The maximum atomic E-state index is 12.3. The first-order valence-corrected chi connectivity index (χ1v) is 7.92.